The molecule has 0 radical (unpaired) electrons. The second kappa shape index (κ2) is 9.70. The molecular weight excluding hydrogens is 304 g/mol. The lowest BCUT2D eigenvalue weighted by Crippen LogP contribution is -2.21. The number of carbonyl (C=O) groups is 1. The number of hydrogen-bond acceptors (Lipinski definition) is 4. The number of aliphatic hydroxyl groups excluding tert-OH is 1. The molecule has 1 amide bonds. The Kier molecular flexibility index (Phi) is 7.26. The van der Waals surface area contributed by atoms with E-state index in [4.69, 9.17) is 9.84 Å². The monoisotopic (exact) mass is 328 g/mol. The first kappa shape index (κ1) is 18.0. The molecule has 0 aromatic heterocycles. The van der Waals surface area contributed by atoms with Gasteiger partial charge in [-0.05, 0) is 38.1 Å². The van der Waals surface area contributed by atoms with Crippen LogP contribution in [0.2, 0.25) is 0 Å². The average Bonchev–Trinajstić information content (AvgIpc) is 2.60. The van der Waals surface area contributed by atoms with Crippen molar-refractivity contribution in [3.05, 3.63) is 59.7 Å². The normalized spacial score (nSPS) is 10.4. The number of aliphatic hydroxyl groups is 1. The van der Waals surface area contributed by atoms with Crippen LogP contribution >= 0.6 is 0 Å². The van der Waals surface area contributed by atoms with Crippen molar-refractivity contribution < 1.29 is 14.6 Å². The molecule has 5 heteroatoms. The molecule has 0 saturated carbocycles. The molecule has 3 N–H and O–H groups in total. The van der Waals surface area contributed by atoms with E-state index in [0.29, 0.717) is 18.7 Å². The smallest absolute Gasteiger partial charge is 0.262 e. The first-order valence-corrected chi connectivity index (χ1v) is 8.08. The van der Waals surface area contributed by atoms with E-state index in [-0.39, 0.29) is 19.1 Å². The Morgan fingerprint density at radius 2 is 1.88 bits per heavy atom. The van der Waals surface area contributed by atoms with Gasteiger partial charge in [-0.2, -0.15) is 0 Å². The maximum absolute atomic E-state index is 12.0. The second-order valence-corrected chi connectivity index (χ2v) is 5.56. The standard InChI is InChI=1S/C19H24N2O3/c1-15-7-9-17(10-8-15)21-19(23)14-24-18-6-3-2-5-16(18)13-20-11-4-12-22/h2-3,5-10,20,22H,4,11-14H2,1H3,(H,21,23). The predicted octanol–water partition coefficient (Wildman–Crippen LogP) is 2.48. The fraction of sp³-hybridized carbons (Fsp3) is 0.316. The van der Waals surface area contributed by atoms with Gasteiger partial charge in [0.05, 0.1) is 0 Å². The van der Waals surface area contributed by atoms with Gasteiger partial charge in [0.15, 0.2) is 6.61 Å². The van der Waals surface area contributed by atoms with Crippen LogP contribution in [0.15, 0.2) is 48.5 Å². The molecule has 0 bridgehead atoms. The SMILES string of the molecule is Cc1ccc(NC(=O)COc2ccccc2CNCCCO)cc1. The van der Waals surface area contributed by atoms with Gasteiger partial charge in [0, 0.05) is 24.4 Å². The summed E-state index contributed by atoms with van der Waals surface area (Å²) in [5.74, 6) is 0.495. The summed E-state index contributed by atoms with van der Waals surface area (Å²) >= 11 is 0. The van der Waals surface area contributed by atoms with Crippen LogP contribution in [-0.2, 0) is 11.3 Å². The summed E-state index contributed by atoms with van der Waals surface area (Å²) in [6.07, 6.45) is 0.710. The molecule has 0 heterocycles. The number of ether oxygens (including phenoxy) is 1. The van der Waals surface area contributed by atoms with Gasteiger partial charge in [0.1, 0.15) is 5.75 Å². The summed E-state index contributed by atoms with van der Waals surface area (Å²) in [7, 11) is 0. The summed E-state index contributed by atoms with van der Waals surface area (Å²) in [6, 6.07) is 15.3. The van der Waals surface area contributed by atoms with Crippen molar-refractivity contribution in [1.82, 2.24) is 5.32 Å². The summed E-state index contributed by atoms with van der Waals surface area (Å²) in [6.45, 7) is 3.50. The van der Waals surface area contributed by atoms with Crippen molar-refractivity contribution >= 4 is 11.6 Å². The minimum Gasteiger partial charge on any atom is -0.483 e. The zero-order valence-electron chi connectivity index (χ0n) is 13.9. The molecule has 0 atom stereocenters. The Morgan fingerprint density at radius 1 is 1.12 bits per heavy atom. The van der Waals surface area contributed by atoms with E-state index in [1.807, 2.05) is 55.5 Å². The Morgan fingerprint density at radius 3 is 2.62 bits per heavy atom. The predicted molar refractivity (Wildman–Crippen MR) is 95.2 cm³/mol. The van der Waals surface area contributed by atoms with E-state index in [1.165, 1.54) is 0 Å². The van der Waals surface area contributed by atoms with Gasteiger partial charge in [-0.25, -0.2) is 0 Å². The van der Waals surface area contributed by atoms with Crippen molar-refractivity contribution in [1.29, 1.82) is 0 Å². The number of para-hydroxylation sites is 1. The van der Waals surface area contributed by atoms with E-state index < -0.39 is 0 Å². The number of hydrogen-bond donors (Lipinski definition) is 3. The van der Waals surface area contributed by atoms with Crippen LogP contribution in [-0.4, -0.2) is 30.8 Å². The number of amides is 1. The van der Waals surface area contributed by atoms with E-state index in [0.717, 1.165) is 23.4 Å². The van der Waals surface area contributed by atoms with Gasteiger partial charge in [0.25, 0.3) is 5.91 Å². The minimum atomic E-state index is -0.193. The third-order valence-corrected chi connectivity index (χ3v) is 3.49. The van der Waals surface area contributed by atoms with Crippen LogP contribution in [0.5, 0.6) is 5.75 Å². The number of carbonyl (C=O) groups excluding carboxylic acids is 1. The van der Waals surface area contributed by atoms with Crippen molar-refractivity contribution in [2.24, 2.45) is 0 Å². The molecule has 5 nitrogen and oxygen atoms in total. The Bertz CT molecular complexity index is 641. The van der Waals surface area contributed by atoms with Gasteiger partial charge in [-0.15, -0.1) is 0 Å². The molecule has 2 rings (SSSR count). The highest BCUT2D eigenvalue weighted by molar-refractivity contribution is 5.91. The first-order chi connectivity index (χ1) is 11.7. The molecule has 0 unspecified atom stereocenters. The Balaban J connectivity index is 1.84. The number of nitrogens with one attached hydrogen (secondary N) is 2. The molecule has 0 aliphatic rings. The first-order valence-electron chi connectivity index (χ1n) is 8.08. The lowest BCUT2D eigenvalue weighted by atomic mass is 10.2. The van der Waals surface area contributed by atoms with Crippen LogP contribution in [0, 0.1) is 6.92 Å². The van der Waals surface area contributed by atoms with Crippen LogP contribution in [0.3, 0.4) is 0 Å². The van der Waals surface area contributed by atoms with Crippen molar-refractivity contribution in [2.75, 3.05) is 25.1 Å². The van der Waals surface area contributed by atoms with E-state index in [1.54, 1.807) is 0 Å². The zero-order chi connectivity index (χ0) is 17.2. The van der Waals surface area contributed by atoms with Gasteiger partial charge in [0.2, 0.25) is 0 Å². The van der Waals surface area contributed by atoms with Crippen LogP contribution in [0.25, 0.3) is 0 Å². The average molecular weight is 328 g/mol. The number of anilines is 1. The second-order valence-electron chi connectivity index (χ2n) is 5.56. The lowest BCUT2D eigenvalue weighted by molar-refractivity contribution is -0.118. The van der Waals surface area contributed by atoms with E-state index in [2.05, 4.69) is 10.6 Å². The summed E-state index contributed by atoms with van der Waals surface area (Å²) in [5.41, 5.74) is 2.89. The molecule has 24 heavy (non-hydrogen) atoms. The van der Waals surface area contributed by atoms with E-state index >= 15 is 0 Å². The van der Waals surface area contributed by atoms with Gasteiger partial charge < -0.3 is 20.5 Å². The molecule has 2 aromatic carbocycles. The van der Waals surface area contributed by atoms with Crippen molar-refractivity contribution in [2.45, 2.75) is 19.9 Å². The maximum atomic E-state index is 12.0. The quantitative estimate of drug-likeness (QED) is 0.619. The lowest BCUT2D eigenvalue weighted by Gasteiger charge is -2.12. The molecular formula is C19H24N2O3. The molecule has 0 fully saturated rings. The summed E-state index contributed by atoms with van der Waals surface area (Å²) < 4.78 is 5.65. The topological polar surface area (TPSA) is 70.6 Å². The Labute approximate surface area is 142 Å². The highest BCUT2D eigenvalue weighted by Gasteiger charge is 2.07. The fourth-order valence-corrected chi connectivity index (χ4v) is 2.20. The summed E-state index contributed by atoms with van der Waals surface area (Å²) in [5, 5.41) is 14.8. The third-order valence-electron chi connectivity index (χ3n) is 3.49. The molecule has 0 saturated heterocycles. The molecule has 0 aliphatic carbocycles. The van der Waals surface area contributed by atoms with Crippen LogP contribution in [0.1, 0.15) is 17.5 Å². The third kappa shape index (κ3) is 6.02. The Hall–Kier alpha value is -2.37. The number of aryl methyl sites for hydroxylation is 1. The van der Waals surface area contributed by atoms with Crippen molar-refractivity contribution in [3.63, 3.8) is 0 Å². The zero-order valence-corrected chi connectivity index (χ0v) is 13.9. The molecule has 0 aliphatic heterocycles. The van der Waals surface area contributed by atoms with Crippen molar-refractivity contribution in [3.8, 4) is 5.75 Å². The highest BCUT2D eigenvalue weighted by Crippen LogP contribution is 2.18. The number of rotatable bonds is 9. The molecule has 128 valence electrons. The van der Waals surface area contributed by atoms with Crippen LogP contribution < -0.4 is 15.4 Å². The fourth-order valence-electron chi connectivity index (χ4n) is 2.20. The van der Waals surface area contributed by atoms with Gasteiger partial charge in [-0.1, -0.05) is 35.9 Å². The molecule has 2 aromatic rings. The van der Waals surface area contributed by atoms with Gasteiger partial charge in [-0.3, -0.25) is 4.79 Å². The highest BCUT2D eigenvalue weighted by atomic mass is 16.5. The minimum absolute atomic E-state index is 0.0401. The maximum Gasteiger partial charge on any atom is 0.262 e. The molecule has 0 spiro atoms. The largest absolute Gasteiger partial charge is 0.483 e. The van der Waals surface area contributed by atoms with Crippen LogP contribution in [0.4, 0.5) is 5.69 Å². The summed E-state index contributed by atoms with van der Waals surface area (Å²) in [4.78, 5) is 12.0. The van der Waals surface area contributed by atoms with Gasteiger partial charge >= 0.3 is 0 Å². The number of benzene rings is 2. The van der Waals surface area contributed by atoms with E-state index in [9.17, 15) is 4.79 Å².